The molecule has 5 N–H and O–H groups in total. The number of ether oxygens (including phenoxy) is 2. The van der Waals surface area contributed by atoms with E-state index < -0.39 is 34.7 Å². The summed E-state index contributed by atoms with van der Waals surface area (Å²) in [5.41, 5.74) is -3.43. The summed E-state index contributed by atoms with van der Waals surface area (Å²) < 4.78 is 26.1. The minimum absolute atomic E-state index is 0.0182. The monoisotopic (exact) mass is 744 g/mol. The molecule has 14 heteroatoms. The highest BCUT2D eigenvalue weighted by atomic mass is 19.1. The zero-order valence-corrected chi connectivity index (χ0v) is 31.6. The Morgan fingerprint density at radius 1 is 0.685 bits per heavy atom. The first-order valence-electron chi connectivity index (χ1n) is 18.5. The first-order chi connectivity index (χ1) is 25.2. The highest BCUT2D eigenvalue weighted by Gasteiger charge is 2.63. The van der Waals surface area contributed by atoms with Crippen LogP contribution in [-0.2, 0) is 20.7 Å². The lowest BCUT2D eigenvalue weighted by Gasteiger charge is -2.61. The molecule has 13 nitrogen and oxygen atoms in total. The SMILES string of the molecule is CC(C)(C)OC(=O)NC1CC2(C1)CC(F)(c1n[nH]c(=O)c3ccccc13)C2.CC(C)(C)OC(=O)NC1CC2(C1)CC(O)(c1n[nH]c(=O)c3ccccc13)C2. The number of hydrogen-bond donors (Lipinski definition) is 5. The molecule has 288 valence electrons. The topological polar surface area (TPSA) is 188 Å². The standard InChI is InChI=1S/C20H24FN3O3.C20H25N3O4/c1-18(2,3)27-17(26)22-12-8-19(9-12)10-20(21,11-19)15-13-6-4-5-7-14(13)16(25)24-23-15;1-18(2,3)27-17(25)21-12-8-19(9-12)10-20(26,11-19)15-13-6-4-5-7-14(13)16(24)23-22-15/h4-7,12H,8-11H2,1-3H3,(H,22,26)(H,24,25);4-7,12,26H,8-11H2,1-3H3,(H,21,25)(H,23,24). The Balaban J connectivity index is 0.000000167. The Labute approximate surface area is 311 Å². The molecule has 54 heavy (non-hydrogen) atoms. The van der Waals surface area contributed by atoms with Gasteiger partial charge in [0.1, 0.15) is 28.2 Å². The lowest BCUT2D eigenvalue weighted by Crippen LogP contribution is -2.61. The number of benzene rings is 2. The van der Waals surface area contributed by atoms with Gasteiger partial charge in [0.2, 0.25) is 0 Å². The van der Waals surface area contributed by atoms with Crippen molar-refractivity contribution >= 4 is 33.7 Å². The molecule has 0 bridgehead atoms. The quantitative estimate of drug-likeness (QED) is 0.164. The average Bonchev–Trinajstić information content (AvgIpc) is 3.00. The van der Waals surface area contributed by atoms with E-state index in [0.717, 1.165) is 25.7 Å². The van der Waals surface area contributed by atoms with E-state index in [0.29, 0.717) is 58.6 Å². The smallest absolute Gasteiger partial charge is 0.407 e. The Morgan fingerprint density at radius 2 is 1.06 bits per heavy atom. The Kier molecular flexibility index (Phi) is 8.94. The van der Waals surface area contributed by atoms with Crippen molar-refractivity contribution in [3.8, 4) is 0 Å². The molecule has 4 aromatic rings. The number of carbonyl (C=O) groups is 2. The fourth-order valence-corrected chi connectivity index (χ4v) is 9.29. The number of alkyl carbamates (subject to hydrolysis) is 2. The highest BCUT2D eigenvalue weighted by Crippen LogP contribution is 2.66. The fourth-order valence-electron chi connectivity index (χ4n) is 9.29. The minimum Gasteiger partial charge on any atom is -0.444 e. The largest absolute Gasteiger partial charge is 0.444 e. The van der Waals surface area contributed by atoms with Crippen molar-refractivity contribution in [1.82, 2.24) is 31.0 Å². The predicted octanol–water partition coefficient (Wildman–Crippen LogP) is 6.13. The number of hydrogen-bond acceptors (Lipinski definition) is 9. The summed E-state index contributed by atoms with van der Waals surface area (Å²) in [6, 6.07) is 14.3. The van der Waals surface area contributed by atoms with Gasteiger partial charge in [-0.05, 0) is 116 Å². The number of H-pyrrole nitrogens is 2. The van der Waals surface area contributed by atoms with Crippen LogP contribution >= 0.6 is 0 Å². The molecular weight excluding hydrogens is 695 g/mol. The maximum absolute atomic E-state index is 15.5. The van der Waals surface area contributed by atoms with Gasteiger partial charge in [0.25, 0.3) is 11.1 Å². The zero-order chi connectivity index (χ0) is 38.9. The number of nitrogens with one attached hydrogen (secondary N) is 4. The molecule has 0 saturated heterocycles. The molecule has 2 aromatic carbocycles. The number of fused-ring (bicyclic) bond motifs is 2. The van der Waals surface area contributed by atoms with E-state index in [1.165, 1.54) is 0 Å². The van der Waals surface area contributed by atoms with Crippen molar-refractivity contribution in [2.24, 2.45) is 10.8 Å². The van der Waals surface area contributed by atoms with Gasteiger partial charge in [-0.15, -0.1) is 0 Å². The van der Waals surface area contributed by atoms with Gasteiger partial charge >= 0.3 is 12.2 Å². The molecule has 0 unspecified atom stereocenters. The number of rotatable bonds is 4. The molecule has 2 spiro atoms. The number of amides is 2. The zero-order valence-electron chi connectivity index (χ0n) is 31.6. The molecule has 4 aliphatic carbocycles. The Bertz CT molecular complexity index is 2050. The van der Waals surface area contributed by atoms with E-state index in [4.69, 9.17) is 9.47 Å². The predicted molar refractivity (Wildman–Crippen MR) is 200 cm³/mol. The number of aromatic nitrogens is 4. The molecule has 0 aliphatic heterocycles. The third-order valence-corrected chi connectivity index (χ3v) is 11.1. The summed E-state index contributed by atoms with van der Waals surface area (Å²) in [5.74, 6) is 0. The van der Waals surface area contributed by atoms with E-state index in [9.17, 15) is 24.3 Å². The lowest BCUT2D eigenvalue weighted by molar-refractivity contribution is -0.179. The maximum atomic E-state index is 15.5. The summed E-state index contributed by atoms with van der Waals surface area (Å²) >= 11 is 0. The molecule has 2 amide bonds. The minimum atomic E-state index is -1.54. The number of carbonyl (C=O) groups excluding carboxylic acids is 2. The fraction of sp³-hybridized carbons (Fsp3) is 0.550. The van der Waals surface area contributed by atoms with Crippen LogP contribution in [0.2, 0.25) is 0 Å². The third-order valence-electron chi connectivity index (χ3n) is 11.1. The Hall–Kier alpha value is -4.85. The summed E-state index contributed by atoms with van der Waals surface area (Å²) in [4.78, 5) is 47.6. The molecule has 0 atom stereocenters. The second-order valence-corrected chi connectivity index (χ2v) is 18.1. The van der Waals surface area contributed by atoms with Crippen molar-refractivity contribution < 1.29 is 28.6 Å². The molecule has 8 rings (SSSR count). The van der Waals surface area contributed by atoms with Crippen LogP contribution in [-0.4, -0.2) is 61.0 Å². The normalized spacial score (nSPS) is 29.9. The summed E-state index contributed by atoms with van der Waals surface area (Å²) in [6.07, 6.45) is 4.15. The maximum Gasteiger partial charge on any atom is 0.407 e. The van der Waals surface area contributed by atoms with Crippen molar-refractivity contribution in [3.63, 3.8) is 0 Å². The summed E-state index contributed by atoms with van der Waals surface area (Å²) in [5, 5.41) is 32.2. The van der Waals surface area contributed by atoms with Crippen LogP contribution < -0.4 is 21.8 Å². The van der Waals surface area contributed by atoms with E-state index in [1.54, 1.807) is 36.4 Å². The van der Waals surface area contributed by atoms with Gasteiger partial charge < -0.3 is 25.2 Å². The van der Waals surface area contributed by atoms with Gasteiger partial charge in [-0.2, -0.15) is 10.2 Å². The van der Waals surface area contributed by atoms with Crippen LogP contribution in [0, 0.1) is 10.8 Å². The van der Waals surface area contributed by atoms with Crippen LogP contribution in [0.15, 0.2) is 58.1 Å². The third kappa shape index (κ3) is 7.32. The van der Waals surface area contributed by atoms with E-state index in [2.05, 4.69) is 31.0 Å². The highest BCUT2D eigenvalue weighted by molar-refractivity contribution is 5.85. The number of halogens is 1. The molecule has 4 saturated carbocycles. The first-order valence-corrected chi connectivity index (χ1v) is 18.5. The van der Waals surface area contributed by atoms with Gasteiger partial charge in [-0.1, -0.05) is 36.4 Å². The lowest BCUT2D eigenvalue weighted by atomic mass is 9.47. The van der Waals surface area contributed by atoms with Gasteiger partial charge in [0.05, 0.1) is 10.8 Å². The molecule has 4 aliphatic rings. The summed E-state index contributed by atoms with van der Waals surface area (Å²) in [6.45, 7) is 11.0. The summed E-state index contributed by atoms with van der Waals surface area (Å²) in [7, 11) is 0. The number of aromatic amines is 2. The van der Waals surface area contributed by atoms with Gasteiger partial charge in [-0.25, -0.2) is 24.2 Å². The van der Waals surface area contributed by atoms with Crippen LogP contribution in [0.5, 0.6) is 0 Å². The van der Waals surface area contributed by atoms with Crippen molar-refractivity contribution in [2.45, 2.75) is 127 Å². The van der Waals surface area contributed by atoms with E-state index in [-0.39, 0.29) is 34.0 Å². The van der Waals surface area contributed by atoms with E-state index in [1.807, 2.05) is 53.7 Å². The van der Waals surface area contributed by atoms with Gasteiger partial charge in [0.15, 0.2) is 5.67 Å². The Morgan fingerprint density at radius 3 is 1.48 bits per heavy atom. The number of alkyl halides is 1. The van der Waals surface area contributed by atoms with Crippen LogP contribution in [0.4, 0.5) is 14.0 Å². The van der Waals surface area contributed by atoms with Gasteiger partial charge in [-0.3, -0.25) is 9.59 Å². The second kappa shape index (κ2) is 12.9. The van der Waals surface area contributed by atoms with Crippen LogP contribution in [0.25, 0.3) is 21.5 Å². The molecule has 2 heterocycles. The molecule has 4 fully saturated rings. The first kappa shape index (κ1) is 37.5. The van der Waals surface area contributed by atoms with Crippen molar-refractivity contribution in [2.75, 3.05) is 0 Å². The average molecular weight is 745 g/mol. The van der Waals surface area contributed by atoms with Crippen LogP contribution in [0.3, 0.4) is 0 Å². The van der Waals surface area contributed by atoms with Crippen molar-refractivity contribution in [1.29, 1.82) is 0 Å². The molecule has 0 radical (unpaired) electrons. The van der Waals surface area contributed by atoms with Crippen molar-refractivity contribution in [3.05, 3.63) is 80.6 Å². The molecule has 2 aromatic heterocycles. The second-order valence-electron chi connectivity index (χ2n) is 18.1. The van der Waals surface area contributed by atoms with E-state index >= 15 is 4.39 Å². The van der Waals surface area contributed by atoms with Gasteiger partial charge in [0, 0.05) is 22.9 Å². The number of aliphatic hydroxyl groups is 1. The number of nitrogens with zero attached hydrogens (tertiary/aromatic N) is 2. The molecular formula is C40H49FN6O7. The van der Waals surface area contributed by atoms with Crippen LogP contribution in [0.1, 0.15) is 104 Å².